The minimum atomic E-state index is -4.70. The van der Waals surface area contributed by atoms with Crippen LogP contribution in [0.1, 0.15) is 25.8 Å². The Morgan fingerprint density at radius 2 is 2.00 bits per heavy atom. The van der Waals surface area contributed by atoms with Crippen LogP contribution in [0.4, 0.5) is 18.9 Å². The predicted octanol–water partition coefficient (Wildman–Crippen LogP) is 2.31. The van der Waals surface area contributed by atoms with E-state index in [1.54, 1.807) is 0 Å². The number of carbonyl (C=O) groups is 3. The van der Waals surface area contributed by atoms with Crippen LogP contribution in [-0.2, 0) is 20.6 Å². The zero-order valence-electron chi connectivity index (χ0n) is 14.6. The molecule has 1 unspecified atom stereocenters. The van der Waals surface area contributed by atoms with Crippen molar-refractivity contribution in [2.45, 2.75) is 38.0 Å². The lowest BCUT2D eigenvalue weighted by atomic mass is 10.00. The van der Waals surface area contributed by atoms with Gasteiger partial charge >= 0.3 is 6.18 Å². The quantitative estimate of drug-likeness (QED) is 0.698. The number of amides is 3. The molecule has 7 nitrogen and oxygen atoms in total. The molecule has 0 aromatic heterocycles. The number of thiocarbonyl (C=S) groups is 1. The molecule has 150 valence electrons. The Bertz CT molecular complexity index is 906. The summed E-state index contributed by atoms with van der Waals surface area (Å²) >= 11 is 10.6. The van der Waals surface area contributed by atoms with E-state index in [4.69, 9.17) is 23.8 Å². The number of halogens is 4. The van der Waals surface area contributed by atoms with E-state index in [-0.39, 0.29) is 17.2 Å². The van der Waals surface area contributed by atoms with Crippen molar-refractivity contribution < 1.29 is 27.6 Å². The second-order valence-electron chi connectivity index (χ2n) is 6.77. The third kappa shape index (κ3) is 3.33. The highest BCUT2D eigenvalue weighted by atomic mass is 35.5. The minimum absolute atomic E-state index is 0.144. The van der Waals surface area contributed by atoms with Crippen molar-refractivity contribution in [2.24, 2.45) is 0 Å². The average molecular weight is 435 g/mol. The van der Waals surface area contributed by atoms with Crippen molar-refractivity contribution in [3.63, 3.8) is 0 Å². The highest BCUT2D eigenvalue weighted by molar-refractivity contribution is 7.80. The van der Waals surface area contributed by atoms with Crippen molar-refractivity contribution in [3.05, 3.63) is 28.8 Å². The van der Waals surface area contributed by atoms with Crippen LogP contribution in [0.25, 0.3) is 0 Å². The first kappa shape index (κ1) is 20.5. The van der Waals surface area contributed by atoms with Crippen molar-refractivity contribution in [1.82, 2.24) is 15.3 Å². The molecule has 2 N–H and O–H groups in total. The molecule has 2 heterocycles. The zero-order valence-corrected chi connectivity index (χ0v) is 16.1. The van der Waals surface area contributed by atoms with Crippen molar-refractivity contribution in [2.75, 3.05) is 5.32 Å². The second-order valence-corrected chi connectivity index (χ2v) is 7.56. The molecule has 0 aliphatic carbocycles. The van der Waals surface area contributed by atoms with E-state index in [0.29, 0.717) is 6.07 Å². The predicted molar refractivity (Wildman–Crippen MR) is 97.0 cm³/mol. The van der Waals surface area contributed by atoms with E-state index in [2.05, 4.69) is 10.6 Å². The Hall–Kier alpha value is -2.24. The molecule has 12 heteroatoms. The number of hydrogen-bond donors (Lipinski definition) is 2. The summed E-state index contributed by atoms with van der Waals surface area (Å²) < 4.78 is 39.0. The van der Waals surface area contributed by atoms with Gasteiger partial charge in [-0.2, -0.15) is 18.2 Å². The average Bonchev–Trinajstić information content (AvgIpc) is 2.93. The molecule has 2 aliphatic heterocycles. The highest BCUT2D eigenvalue weighted by Gasteiger charge is 2.56. The summed E-state index contributed by atoms with van der Waals surface area (Å²) in [5, 5.41) is 6.36. The summed E-state index contributed by atoms with van der Waals surface area (Å²) in [7, 11) is 0. The van der Waals surface area contributed by atoms with Gasteiger partial charge in [0.2, 0.25) is 17.7 Å². The Balaban J connectivity index is 1.90. The number of hydrazine groups is 1. The van der Waals surface area contributed by atoms with E-state index in [1.165, 1.54) is 24.9 Å². The smallest absolute Gasteiger partial charge is 0.325 e. The van der Waals surface area contributed by atoms with Gasteiger partial charge in [0.25, 0.3) is 0 Å². The molecular formula is C16H14ClF3N4O3S. The van der Waals surface area contributed by atoms with E-state index in [1.807, 2.05) is 0 Å². The number of benzene rings is 1. The topological polar surface area (TPSA) is 81.8 Å². The molecule has 1 atom stereocenters. The van der Waals surface area contributed by atoms with Crippen LogP contribution in [0.3, 0.4) is 0 Å². The molecule has 1 aromatic rings. The lowest BCUT2D eigenvalue weighted by Crippen LogP contribution is -2.71. The van der Waals surface area contributed by atoms with Gasteiger partial charge in [0.1, 0.15) is 11.6 Å². The van der Waals surface area contributed by atoms with Gasteiger partial charge in [-0.25, -0.2) is 5.01 Å². The molecular weight excluding hydrogens is 421 g/mol. The van der Waals surface area contributed by atoms with Crippen LogP contribution in [-0.4, -0.2) is 44.4 Å². The number of hydrogen-bond acceptors (Lipinski definition) is 5. The van der Waals surface area contributed by atoms with Crippen molar-refractivity contribution >= 4 is 52.3 Å². The summed E-state index contributed by atoms with van der Waals surface area (Å²) in [6.07, 6.45) is -4.98. The van der Waals surface area contributed by atoms with E-state index < -0.39 is 46.1 Å². The second kappa shape index (κ2) is 6.68. The fourth-order valence-corrected chi connectivity index (χ4v) is 3.61. The number of nitrogens with zero attached hydrogens (tertiary/aromatic N) is 2. The van der Waals surface area contributed by atoms with Crippen LogP contribution in [0, 0.1) is 0 Å². The zero-order chi connectivity index (χ0) is 21.0. The number of fused-ring (bicyclic) bond motifs is 1. The Kier molecular flexibility index (Phi) is 4.89. The molecule has 3 amide bonds. The van der Waals surface area contributed by atoms with Gasteiger partial charge in [0.05, 0.1) is 17.0 Å². The Morgan fingerprint density at radius 1 is 1.36 bits per heavy atom. The summed E-state index contributed by atoms with van der Waals surface area (Å²) in [4.78, 5) is 37.3. The van der Waals surface area contributed by atoms with Crippen LogP contribution in [0.5, 0.6) is 0 Å². The molecule has 2 fully saturated rings. The molecule has 2 saturated heterocycles. The standard InChI is InChI=1S/C16H14ClF3N4O3S/c1-15(2)13(27)22-14(28)23-11(25)6-10(24(15)23)12(26)21-7-3-4-9(17)8(5-7)16(18,19)20/h3-5,10H,6H2,1-2H3,(H,21,26)(H,22,27,28). The normalized spacial score (nSPS) is 22.1. The minimum Gasteiger partial charge on any atom is -0.325 e. The SMILES string of the molecule is CC1(C)C(=O)NC(=S)N2C(=O)CC(C(=O)Nc3ccc(Cl)c(C(F)(F)F)c3)N21. The first-order valence-corrected chi connectivity index (χ1v) is 8.78. The lowest BCUT2D eigenvalue weighted by molar-refractivity contribution is -0.154. The number of carbonyl (C=O) groups excluding carboxylic acids is 3. The Morgan fingerprint density at radius 3 is 2.61 bits per heavy atom. The molecule has 28 heavy (non-hydrogen) atoms. The molecule has 0 radical (unpaired) electrons. The monoisotopic (exact) mass is 434 g/mol. The molecule has 2 aliphatic rings. The van der Waals surface area contributed by atoms with Gasteiger partial charge in [-0.05, 0) is 44.3 Å². The molecule has 0 spiro atoms. The van der Waals surface area contributed by atoms with Gasteiger partial charge < -0.3 is 5.32 Å². The van der Waals surface area contributed by atoms with Gasteiger partial charge in [0.15, 0.2) is 5.11 Å². The summed E-state index contributed by atoms with van der Waals surface area (Å²) in [5.74, 6) is -1.77. The van der Waals surface area contributed by atoms with Gasteiger partial charge in [-0.15, -0.1) is 0 Å². The summed E-state index contributed by atoms with van der Waals surface area (Å²) in [5.41, 5.74) is -2.53. The number of anilines is 1. The van der Waals surface area contributed by atoms with E-state index >= 15 is 0 Å². The molecule has 3 rings (SSSR count). The Labute approximate surface area is 167 Å². The highest BCUT2D eigenvalue weighted by Crippen LogP contribution is 2.37. The van der Waals surface area contributed by atoms with Gasteiger partial charge in [-0.3, -0.25) is 19.7 Å². The van der Waals surface area contributed by atoms with Crippen LogP contribution < -0.4 is 10.6 Å². The van der Waals surface area contributed by atoms with E-state index in [9.17, 15) is 27.6 Å². The lowest BCUT2D eigenvalue weighted by Gasteiger charge is -2.45. The first-order chi connectivity index (χ1) is 12.8. The fraction of sp³-hybridized carbons (Fsp3) is 0.375. The van der Waals surface area contributed by atoms with Crippen LogP contribution in [0.15, 0.2) is 18.2 Å². The molecule has 0 bridgehead atoms. The third-order valence-electron chi connectivity index (χ3n) is 4.50. The maximum Gasteiger partial charge on any atom is 0.417 e. The maximum absolute atomic E-state index is 13.0. The first-order valence-electron chi connectivity index (χ1n) is 7.99. The molecule has 0 saturated carbocycles. The summed E-state index contributed by atoms with van der Waals surface area (Å²) in [6.45, 7) is 3.00. The maximum atomic E-state index is 13.0. The van der Waals surface area contributed by atoms with Crippen molar-refractivity contribution in [3.8, 4) is 0 Å². The van der Waals surface area contributed by atoms with Crippen molar-refractivity contribution in [1.29, 1.82) is 0 Å². The fourth-order valence-electron chi connectivity index (χ4n) is 3.11. The third-order valence-corrected chi connectivity index (χ3v) is 5.10. The number of rotatable bonds is 2. The van der Waals surface area contributed by atoms with Gasteiger partial charge in [-0.1, -0.05) is 11.6 Å². The van der Waals surface area contributed by atoms with Crippen LogP contribution >= 0.6 is 23.8 Å². The molecule has 1 aromatic carbocycles. The van der Waals surface area contributed by atoms with Crippen LogP contribution in [0.2, 0.25) is 5.02 Å². The van der Waals surface area contributed by atoms with E-state index in [0.717, 1.165) is 11.1 Å². The number of nitrogens with one attached hydrogen (secondary N) is 2. The number of alkyl halides is 3. The van der Waals surface area contributed by atoms with Gasteiger partial charge in [0, 0.05) is 5.69 Å². The summed E-state index contributed by atoms with van der Waals surface area (Å²) in [6, 6.07) is 1.80. The largest absolute Gasteiger partial charge is 0.417 e.